The van der Waals surface area contributed by atoms with E-state index in [2.05, 4.69) is 30.4 Å². The van der Waals surface area contributed by atoms with Gasteiger partial charge in [-0.1, -0.05) is 29.8 Å². The van der Waals surface area contributed by atoms with Gasteiger partial charge < -0.3 is 5.01 Å². The molecule has 0 saturated heterocycles. The molecule has 1 saturated carbocycles. The highest BCUT2D eigenvalue weighted by Gasteiger charge is 2.26. The van der Waals surface area contributed by atoms with Crippen LogP contribution in [0.15, 0.2) is 29.6 Å². The number of nitrogens with zero attached hydrogens (tertiary/aromatic N) is 1. The van der Waals surface area contributed by atoms with Gasteiger partial charge in [-0.15, -0.1) is 11.3 Å². The van der Waals surface area contributed by atoms with Crippen LogP contribution >= 0.6 is 22.9 Å². The van der Waals surface area contributed by atoms with E-state index >= 15 is 0 Å². The van der Waals surface area contributed by atoms with Crippen LogP contribution in [-0.2, 0) is 0 Å². The van der Waals surface area contributed by atoms with Gasteiger partial charge in [-0.05, 0) is 42.5 Å². The number of hydrazine groups is 1. The van der Waals surface area contributed by atoms with Crippen molar-refractivity contribution in [1.29, 1.82) is 0 Å². The number of rotatable bonds is 4. The lowest BCUT2D eigenvalue weighted by Gasteiger charge is -2.18. The number of benzene rings is 1. The first-order valence-corrected chi connectivity index (χ1v) is 7.94. The molecule has 1 aromatic carbocycles. The average molecular weight is 305 g/mol. The Balaban J connectivity index is 1.99. The predicted octanol–water partition coefficient (Wildman–Crippen LogP) is 4.76. The third-order valence-corrected chi connectivity index (χ3v) is 4.76. The molecule has 1 aliphatic carbocycles. The van der Waals surface area contributed by atoms with Crippen LogP contribution in [0.3, 0.4) is 0 Å². The van der Waals surface area contributed by atoms with E-state index in [9.17, 15) is 0 Å². The molecule has 1 heterocycles. The molecule has 20 heavy (non-hydrogen) atoms. The summed E-state index contributed by atoms with van der Waals surface area (Å²) in [5, 5.41) is 4.43. The summed E-state index contributed by atoms with van der Waals surface area (Å²) in [5.41, 5.74) is 3.69. The van der Waals surface area contributed by atoms with Crippen LogP contribution in [0.4, 0.5) is 5.69 Å². The predicted molar refractivity (Wildman–Crippen MR) is 89.3 cm³/mol. The van der Waals surface area contributed by atoms with Crippen molar-refractivity contribution in [2.45, 2.75) is 18.8 Å². The lowest BCUT2D eigenvalue weighted by molar-refractivity contribution is 1.00. The number of nitrogens with two attached hydrogens (primary N) is 1. The maximum absolute atomic E-state index is 5.96. The van der Waals surface area contributed by atoms with Crippen LogP contribution in [0.1, 0.15) is 34.8 Å². The Kier molecular flexibility index (Phi) is 3.83. The van der Waals surface area contributed by atoms with E-state index in [0.29, 0.717) is 5.92 Å². The SMILES string of the molecule is CN(N)c1cccc(C2CC2)c1/C=C/c1cc(Cl)cs1. The molecule has 2 aromatic rings. The molecule has 2 N–H and O–H groups in total. The van der Waals surface area contributed by atoms with Crippen molar-refractivity contribution in [1.82, 2.24) is 0 Å². The van der Waals surface area contributed by atoms with Gasteiger partial charge in [-0.25, -0.2) is 5.84 Å². The molecule has 2 nitrogen and oxygen atoms in total. The molecule has 0 atom stereocenters. The molecule has 0 bridgehead atoms. The molecular formula is C16H17ClN2S. The van der Waals surface area contributed by atoms with E-state index in [-0.39, 0.29) is 0 Å². The first-order valence-electron chi connectivity index (χ1n) is 6.68. The second-order valence-electron chi connectivity index (χ2n) is 5.17. The van der Waals surface area contributed by atoms with Gasteiger partial charge in [0.1, 0.15) is 0 Å². The molecule has 0 radical (unpaired) electrons. The van der Waals surface area contributed by atoms with Crippen molar-refractivity contribution in [3.8, 4) is 0 Å². The summed E-state index contributed by atoms with van der Waals surface area (Å²) in [6.45, 7) is 0. The highest BCUT2D eigenvalue weighted by molar-refractivity contribution is 7.11. The number of thiophene rings is 1. The van der Waals surface area contributed by atoms with E-state index in [0.717, 1.165) is 15.6 Å². The smallest absolute Gasteiger partial charge is 0.0589 e. The van der Waals surface area contributed by atoms with E-state index in [1.807, 2.05) is 18.5 Å². The van der Waals surface area contributed by atoms with Gasteiger partial charge >= 0.3 is 0 Å². The second-order valence-corrected chi connectivity index (χ2v) is 6.55. The fourth-order valence-corrected chi connectivity index (χ4v) is 3.37. The molecule has 1 aliphatic rings. The summed E-state index contributed by atoms with van der Waals surface area (Å²) in [6, 6.07) is 8.35. The molecule has 0 spiro atoms. The van der Waals surface area contributed by atoms with Gasteiger partial charge in [-0.3, -0.25) is 0 Å². The fraction of sp³-hybridized carbons (Fsp3) is 0.250. The van der Waals surface area contributed by atoms with Crippen LogP contribution in [0.2, 0.25) is 5.02 Å². The Hall–Kier alpha value is -1.29. The number of anilines is 1. The molecule has 1 fully saturated rings. The van der Waals surface area contributed by atoms with E-state index < -0.39 is 0 Å². The van der Waals surface area contributed by atoms with E-state index in [1.165, 1.54) is 24.0 Å². The summed E-state index contributed by atoms with van der Waals surface area (Å²) < 4.78 is 0. The molecule has 3 rings (SSSR count). The quantitative estimate of drug-likeness (QED) is 0.652. The fourth-order valence-electron chi connectivity index (χ4n) is 2.39. The van der Waals surface area contributed by atoms with Crippen LogP contribution in [0, 0.1) is 0 Å². The Morgan fingerprint density at radius 2 is 2.15 bits per heavy atom. The maximum atomic E-state index is 5.96. The molecule has 4 heteroatoms. The topological polar surface area (TPSA) is 29.3 Å². The van der Waals surface area contributed by atoms with Gasteiger partial charge in [0.25, 0.3) is 0 Å². The van der Waals surface area contributed by atoms with Gasteiger partial charge in [0.05, 0.1) is 10.7 Å². The minimum atomic E-state index is 0.696. The van der Waals surface area contributed by atoms with Crippen LogP contribution < -0.4 is 10.9 Å². The number of hydrogen-bond donors (Lipinski definition) is 1. The largest absolute Gasteiger partial charge is 0.314 e. The van der Waals surface area contributed by atoms with Crippen molar-refractivity contribution in [3.63, 3.8) is 0 Å². The zero-order valence-electron chi connectivity index (χ0n) is 11.3. The summed E-state index contributed by atoms with van der Waals surface area (Å²) in [5.74, 6) is 6.65. The summed E-state index contributed by atoms with van der Waals surface area (Å²) in [6.07, 6.45) is 6.84. The Morgan fingerprint density at radius 3 is 2.75 bits per heavy atom. The normalized spacial score (nSPS) is 14.9. The average Bonchev–Trinajstić information content (AvgIpc) is 3.19. The molecule has 0 amide bonds. The minimum absolute atomic E-state index is 0.696. The standard InChI is InChI=1S/C16H17ClN2S/c1-19(18)16-4-2-3-14(11-5-6-11)15(16)8-7-13-9-12(17)10-20-13/h2-4,7-11H,5-6,18H2,1H3/b8-7+. The lowest BCUT2D eigenvalue weighted by atomic mass is 10.0. The van der Waals surface area contributed by atoms with E-state index in [1.54, 1.807) is 16.3 Å². The highest BCUT2D eigenvalue weighted by Crippen LogP contribution is 2.44. The first kappa shape index (κ1) is 13.7. The van der Waals surface area contributed by atoms with E-state index in [4.69, 9.17) is 17.4 Å². The van der Waals surface area contributed by atoms with Gasteiger partial charge in [0.2, 0.25) is 0 Å². The zero-order chi connectivity index (χ0) is 14.1. The summed E-state index contributed by atoms with van der Waals surface area (Å²) in [7, 11) is 1.88. The summed E-state index contributed by atoms with van der Waals surface area (Å²) in [4.78, 5) is 1.16. The zero-order valence-corrected chi connectivity index (χ0v) is 12.9. The Labute approximate surface area is 128 Å². The minimum Gasteiger partial charge on any atom is -0.314 e. The van der Waals surface area contributed by atoms with Crippen molar-refractivity contribution < 1.29 is 0 Å². The third-order valence-electron chi connectivity index (χ3n) is 3.52. The van der Waals surface area contributed by atoms with Crippen LogP contribution in [-0.4, -0.2) is 7.05 Å². The maximum Gasteiger partial charge on any atom is 0.0589 e. The third kappa shape index (κ3) is 2.90. The molecule has 0 aliphatic heterocycles. The lowest BCUT2D eigenvalue weighted by Crippen LogP contribution is -2.26. The Morgan fingerprint density at radius 1 is 1.35 bits per heavy atom. The van der Waals surface area contributed by atoms with Gasteiger partial charge in [-0.2, -0.15) is 0 Å². The second kappa shape index (κ2) is 5.60. The van der Waals surface area contributed by atoms with Gasteiger partial charge in [0, 0.05) is 22.9 Å². The molecule has 0 unspecified atom stereocenters. The van der Waals surface area contributed by atoms with Crippen LogP contribution in [0.25, 0.3) is 12.2 Å². The summed E-state index contributed by atoms with van der Waals surface area (Å²) >= 11 is 7.61. The number of halogens is 1. The first-order chi connectivity index (χ1) is 9.65. The molecule has 1 aromatic heterocycles. The van der Waals surface area contributed by atoms with Crippen molar-refractivity contribution in [2.75, 3.05) is 12.1 Å². The van der Waals surface area contributed by atoms with Crippen molar-refractivity contribution in [2.24, 2.45) is 5.84 Å². The molecule has 104 valence electrons. The highest BCUT2D eigenvalue weighted by atomic mass is 35.5. The van der Waals surface area contributed by atoms with Gasteiger partial charge in [0.15, 0.2) is 0 Å². The van der Waals surface area contributed by atoms with Crippen molar-refractivity contribution in [3.05, 3.63) is 50.7 Å². The number of hydrogen-bond acceptors (Lipinski definition) is 3. The monoisotopic (exact) mass is 304 g/mol. The Bertz CT molecular complexity index is 621. The van der Waals surface area contributed by atoms with Crippen molar-refractivity contribution >= 4 is 40.8 Å². The molecular weight excluding hydrogens is 288 g/mol. The van der Waals surface area contributed by atoms with Crippen LogP contribution in [0.5, 0.6) is 0 Å².